The van der Waals surface area contributed by atoms with Gasteiger partial charge in [0.15, 0.2) is 24.6 Å². The number of hydrogen-bond donors (Lipinski definition) is 3. The van der Waals surface area contributed by atoms with Crippen molar-refractivity contribution in [2.45, 2.75) is 353 Å². The van der Waals surface area contributed by atoms with E-state index in [1.807, 2.05) is 0 Å². The summed E-state index contributed by atoms with van der Waals surface area (Å²) >= 11 is 0. The number of ether oxygens (including phenoxy) is 5. The molecule has 1 aliphatic rings. The highest BCUT2D eigenvalue weighted by atomic mass is 16.7. The third-order valence-electron chi connectivity index (χ3n) is 15.6. The molecule has 0 aromatic carbocycles. The van der Waals surface area contributed by atoms with Gasteiger partial charge in [-0.3, -0.25) is 14.4 Å². The molecule has 0 radical (unpaired) electrons. The number of aliphatic carboxylic acids is 1. The van der Waals surface area contributed by atoms with Gasteiger partial charge in [-0.1, -0.05) is 268 Å². The number of aliphatic hydroxyl groups excluding tert-OH is 2. The summed E-state index contributed by atoms with van der Waals surface area (Å²) in [7, 11) is 0. The molecule has 12 nitrogen and oxygen atoms in total. The number of rotatable bonds is 59. The van der Waals surface area contributed by atoms with E-state index in [0.29, 0.717) is 19.3 Å². The van der Waals surface area contributed by atoms with Gasteiger partial charge in [0.2, 0.25) is 0 Å². The van der Waals surface area contributed by atoms with Crippen molar-refractivity contribution in [3.05, 3.63) is 60.8 Å². The van der Waals surface area contributed by atoms with Crippen LogP contribution >= 0.6 is 0 Å². The van der Waals surface area contributed by atoms with Gasteiger partial charge >= 0.3 is 23.9 Å². The minimum atomic E-state index is -1.90. The van der Waals surface area contributed by atoms with Crippen LogP contribution in [0.25, 0.3) is 0 Å². The van der Waals surface area contributed by atoms with Crippen LogP contribution in [0.5, 0.6) is 0 Å². The molecule has 0 bridgehead atoms. The summed E-state index contributed by atoms with van der Waals surface area (Å²) < 4.78 is 28.6. The predicted molar refractivity (Wildman–Crippen MR) is 340 cm³/mol. The summed E-state index contributed by atoms with van der Waals surface area (Å²) in [6.07, 6.45) is 61.7. The van der Waals surface area contributed by atoms with E-state index < -0.39 is 67.3 Å². The molecule has 12 heteroatoms. The first-order chi connectivity index (χ1) is 40.6. The second-order valence-electron chi connectivity index (χ2n) is 23.5. The Kier molecular flexibility index (Phi) is 54.8. The third-order valence-corrected chi connectivity index (χ3v) is 15.6. The number of carbonyl (C=O) groups excluding carboxylic acids is 3. The molecule has 83 heavy (non-hydrogen) atoms. The zero-order valence-corrected chi connectivity index (χ0v) is 53.2. The summed E-state index contributed by atoms with van der Waals surface area (Å²) in [6, 6.07) is 0. The first-order valence-corrected chi connectivity index (χ1v) is 34.3. The Hall–Kier alpha value is -3.58. The van der Waals surface area contributed by atoms with E-state index >= 15 is 0 Å². The molecular weight excluding hydrogens is 1040 g/mol. The molecular formula is C71H124O12. The molecule has 1 saturated heterocycles. The zero-order chi connectivity index (χ0) is 60.3. The molecule has 480 valence electrons. The van der Waals surface area contributed by atoms with Gasteiger partial charge in [-0.25, -0.2) is 4.79 Å². The molecule has 6 unspecified atom stereocenters. The maximum Gasteiger partial charge on any atom is 0.335 e. The number of aliphatic hydroxyl groups is 2. The highest BCUT2D eigenvalue weighted by Crippen LogP contribution is 2.27. The average molecular weight is 1170 g/mol. The van der Waals surface area contributed by atoms with Crippen LogP contribution in [0.3, 0.4) is 0 Å². The van der Waals surface area contributed by atoms with Gasteiger partial charge in [-0.05, 0) is 89.9 Å². The molecule has 0 saturated carbocycles. The van der Waals surface area contributed by atoms with Crippen LogP contribution in [0.2, 0.25) is 0 Å². The number of carbonyl (C=O) groups is 4. The summed E-state index contributed by atoms with van der Waals surface area (Å²) in [5.74, 6) is -3.11. The Morgan fingerprint density at radius 1 is 0.398 bits per heavy atom. The molecule has 1 fully saturated rings. The fourth-order valence-electron chi connectivity index (χ4n) is 10.3. The van der Waals surface area contributed by atoms with E-state index in [2.05, 4.69) is 81.5 Å². The predicted octanol–water partition coefficient (Wildman–Crippen LogP) is 18.7. The SMILES string of the molecule is CCCCC/C=C\C/C=C\C/C=C\CCCCCCCCC(=O)OCC(COC1OC(C(=O)O)C(O)C(O)C1OC(=O)CCCCCCCCCCCCCCCCC)OC(=O)CCCCCCCCCCC/C=C\C/C=C\CCCCC. The van der Waals surface area contributed by atoms with Crippen LogP contribution in [0.15, 0.2) is 60.8 Å². The largest absolute Gasteiger partial charge is 0.479 e. The Balaban J connectivity index is 2.65. The molecule has 6 atom stereocenters. The maximum atomic E-state index is 13.2. The maximum absolute atomic E-state index is 13.2. The molecule has 0 aromatic rings. The molecule has 0 aliphatic carbocycles. The van der Waals surface area contributed by atoms with Crippen molar-refractivity contribution in [1.29, 1.82) is 0 Å². The Labute approximate surface area is 506 Å². The standard InChI is InChI=1S/C71H124O12/c1-4-7-10-13-16-19-22-25-28-30-32-34-37-39-42-45-48-51-54-57-63(72)79-60-62(81-64(73)58-55-52-49-46-43-41-38-35-33-31-29-26-23-20-17-14-11-8-5-2)61-80-71-69(67(76)66(75)68(83-71)70(77)78)82-65(74)59-56-53-50-47-44-40-36-27-24-21-18-15-12-9-6-3/h16-17,19-20,25-26,28-29,32,34,62,66-69,71,75-76H,4-15,18,21-24,27,30-31,33,35-61H2,1-3H3,(H,77,78)/b19-16-,20-17-,28-25-,29-26-,34-32-. The number of unbranched alkanes of at least 4 members (excludes halogenated alkanes) is 35. The van der Waals surface area contributed by atoms with E-state index in [-0.39, 0.29) is 25.9 Å². The smallest absolute Gasteiger partial charge is 0.335 e. The summed E-state index contributed by atoms with van der Waals surface area (Å²) in [5.41, 5.74) is 0. The van der Waals surface area contributed by atoms with Crippen molar-refractivity contribution in [3.63, 3.8) is 0 Å². The van der Waals surface area contributed by atoms with Crippen LogP contribution in [0, 0.1) is 0 Å². The van der Waals surface area contributed by atoms with Crippen molar-refractivity contribution in [1.82, 2.24) is 0 Å². The van der Waals surface area contributed by atoms with Crippen molar-refractivity contribution < 1.29 is 58.2 Å². The highest BCUT2D eigenvalue weighted by molar-refractivity contribution is 5.74. The lowest BCUT2D eigenvalue weighted by Gasteiger charge is -2.40. The van der Waals surface area contributed by atoms with Gasteiger partial charge in [0.1, 0.15) is 18.8 Å². The molecule has 0 amide bonds. The average Bonchev–Trinajstić information content (AvgIpc) is 3.58. The lowest BCUT2D eigenvalue weighted by Crippen LogP contribution is -2.61. The van der Waals surface area contributed by atoms with Crippen LogP contribution < -0.4 is 0 Å². The summed E-state index contributed by atoms with van der Waals surface area (Å²) in [4.78, 5) is 51.4. The molecule has 0 aromatic heterocycles. The van der Waals surface area contributed by atoms with Gasteiger partial charge < -0.3 is 39.0 Å². The lowest BCUT2D eigenvalue weighted by molar-refractivity contribution is -0.301. The van der Waals surface area contributed by atoms with Gasteiger partial charge in [-0.15, -0.1) is 0 Å². The van der Waals surface area contributed by atoms with E-state index in [4.69, 9.17) is 23.7 Å². The second kappa shape index (κ2) is 58.8. The minimum Gasteiger partial charge on any atom is -0.479 e. The van der Waals surface area contributed by atoms with Crippen molar-refractivity contribution in [3.8, 4) is 0 Å². The van der Waals surface area contributed by atoms with Crippen molar-refractivity contribution in [2.24, 2.45) is 0 Å². The number of esters is 3. The molecule has 1 aliphatic heterocycles. The monoisotopic (exact) mass is 1170 g/mol. The molecule has 1 heterocycles. The van der Waals surface area contributed by atoms with Gasteiger partial charge in [0.05, 0.1) is 6.61 Å². The van der Waals surface area contributed by atoms with Crippen molar-refractivity contribution >= 4 is 23.9 Å². The Morgan fingerprint density at radius 2 is 0.723 bits per heavy atom. The van der Waals surface area contributed by atoms with Gasteiger partial charge in [-0.2, -0.15) is 0 Å². The van der Waals surface area contributed by atoms with Gasteiger partial charge in [0.25, 0.3) is 0 Å². The van der Waals surface area contributed by atoms with Crippen LogP contribution in [0.1, 0.15) is 316 Å². The summed E-state index contributed by atoms with van der Waals surface area (Å²) in [5, 5.41) is 31.6. The first-order valence-electron chi connectivity index (χ1n) is 34.3. The second-order valence-corrected chi connectivity index (χ2v) is 23.5. The Morgan fingerprint density at radius 3 is 1.12 bits per heavy atom. The fourth-order valence-corrected chi connectivity index (χ4v) is 10.3. The normalized spacial score (nSPS) is 17.9. The van der Waals surface area contributed by atoms with Crippen molar-refractivity contribution in [2.75, 3.05) is 13.2 Å². The quantitative estimate of drug-likeness (QED) is 0.0228. The van der Waals surface area contributed by atoms with E-state index in [9.17, 15) is 34.5 Å². The fraction of sp³-hybridized carbons (Fsp3) is 0.803. The molecule has 0 spiro atoms. The van der Waals surface area contributed by atoms with Crippen LogP contribution in [-0.4, -0.2) is 89.2 Å². The Bertz CT molecular complexity index is 1670. The van der Waals surface area contributed by atoms with Crippen LogP contribution in [0.4, 0.5) is 0 Å². The minimum absolute atomic E-state index is 0.0621. The van der Waals surface area contributed by atoms with E-state index in [0.717, 1.165) is 116 Å². The number of hydrogen-bond acceptors (Lipinski definition) is 11. The number of carboxylic acids is 1. The first kappa shape index (κ1) is 77.4. The number of carboxylic acid groups (broad SMARTS) is 1. The topological polar surface area (TPSA) is 175 Å². The molecule has 3 N–H and O–H groups in total. The van der Waals surface area contributed by atoms with E-state index in [1.54, 1.807) is 0 Å². The molecule has 1 rings (SSSR count). The summed E-state index contributed by atoms with van der Waals surface area (Å²) in [6.45, 7) is 5.98. The zero-order valence-electron chi connectivity index (χ0n) is 53.2. The van der Waals surface area contributed by atoms with Gasteiger partial charge in [0, 0.05) is 19.3 Å². The lowest BCUT2D eigenvalue weighted by atomic mass is 9.98. The van der Waals surface area contributed by atoms with E-state index in [1.165, 1.54) is 141 Å². The van der Waals surface area contributed by atoms with Crippen LogP contribution in [-0.2, 0) is 42.9 Å². The third kappa shape index (κ3) is 48.3. The highest BCUT2D eigenvalue weighted by Gasteiger charge is 2.50. The number of allylic oxidation sites excluding steroid dienone is 10.